The molecule has 2 aliphatic rings. The molecule has 28 heavy (non-hydrogen) atoms. The number of aromatic nitrogens is 1. The number of unbranched alkanes of at least 4 members (excludes halogenated alkanes) is 1. The molecule has 0 radical (unpaired) electrons. The highest BCUT2D eigenvalue weighted by atomic mass is 16.3. The minimum absolute atomic E-state index is 0.292. The zero-order valence-corrected chi connectivity index (χ0v) is 16.0. The van der Waals surface area contributed by atoms with Crippen molar-refractivity contribution in [1.29, 1.82) is 0 Å². The standard InChI is InChI=1S/C23H24N2O3/c1-2-3-12-25-17-7-5-4-6-16(17)18-20-19(22(27)24-23(20)28)14-10-8-13(26)9-11-15(14)21(18)25/h4-7,13,26H,2-3,8-12H2,1H3,(H,24,27,28). The number of nitrogens with one attached hydrogen (secondary N) is 1. The maximum absolute atomic E-state index is 12.8. The van der Waals surface area contributed by atoms with Crippen LogP contribution in [-0.4, -0.2) is 27.6 Å². The van der Waals surface area contributed by atoms with E-state index < -0.39 is 0 Å². The molecule has 0 bridgehead atoms. The highest BCUT2D eigenvalue weighted by Gasteiger charge is 2.37. The lowest BCUT2D eigenvalue weighted by atomic mass is 9.89. The third kappa shape index (κ3) is 2.35. The van der Waals surface area contributed by atoms with Gasteiger partial charge in [0, 0.05) is 22.8 Å². The maximum atomic E-state index is 12.8. The van der Waals surface area contributed by atoms with Crippen LogP contribution in [0.1, 0.15) is 64.4 Å². The number of aliphatic hydroxyl groups is 1. The Kier molecular flexibility index (Phi) is 4.02. The molecule has 0 spiro atoms. The smallest absolute Gasteiger partial charge is 0.259 e. The number of aryl methyl sites for hydroxylation is 2. The van der Waals surface area contributed by atoms with E-state index >= 15 is 0 Å². The van der Waals surface area contributed by atoms with Gasteiger partial charge in [0.05, 0.1) is 22.7 Å². The number of carbonyl (C=O) groups excluding carboxylic acids is 2. The van der Waals surface area contributed by atoms with Gasteiger partial charge in [-0.3, -0.25) is 14.9 Å². The lowest BCUT2D eigenvalue weighted by molar-refractivity contribution is 0.0879. The molecule has 0 saturated carbocycles. The number of rotatable bonds is 3. The summed E-state index contributed by atoms with van der Waals surface area (Å²) in [7, 11) is 0. The molecular formula is C23H24N2O3. The van der Waals surface area contributed by atoms with Crippen LogP contribution in [-0.2, 0) is 19.4 Å². The van der Waals surface area contributed by atoms with Crippen molar-refractivity contribution in [2.75, 3.05) is 0 Å². The normalized spacial score (nSPS) is 19.0. The van der Waals surface area contributed by atoms with Crippen molar-refractivity contribution in [3.8, 4) is 0 Å². The van der Waals surface area contributed by atoms with Crippen molar-refractivity contribution in [3.05, 3.63) is 46.5 Å². The number of hydrogen-bond donors (Lipinski definition) is 2. The molecule has 1 atom stereocenters. The summed E-state index contributed by atoms with van der Waals surface area (Å²) in [5, 5.41) is 14.7. The Labute approximate surface area is 163 Å². The summed E-state index contributed by atoms with van der Waals surface area (Å²) in [6.07, 6.45) is 4.43. The van der Waals surface area contributed by atoms with E-state index in [0.29, 0.717) is 30.4 Å². The van der Waals surface area contributed by atoms with Gasteiger partial charge < -0.3 is 9.67 Å². The molecule has 1 aromatic heterocycles. The van der Waals surface area contributed by atoms with E-state index in [0.717, 1.165) is 58.7 Å². The molecule has 2 amide bonds. The molecule has 2 heterocycles. The Balaban J connectivity index is 1.97. The second-order valence-electron chi connectivity index (χ2n) is 7.97. The van der Waals surface area contributed by atoms with Crippen molar-refractivity contribution in [1.82, 2.24) is 9.88 Å². The fraction of sp³-hybridized carbons (Fsp3) is 0.391. The summed E-state index contributed by atoms with van der Waals surface area (Å²) in [5.41, 5.74) is 5.37. The molecule has 3 aromatic rings. The van der Waals surface area contributed by atoms with Crippen molar-refractivity contribution < 1.29 is 14.7 Å². The molecule has 2 N–H and O–H groups in total. The first-order chi connectivity index (χ1) is 13.6. The van der Waals surface area contributed by atoms with Crippen LogP contribution < -0.4 is 5.32 Å². The number of carbonyl (C=O) groups is 2. The molecule has 144 valence electrons. The minimum Gasteiger partial charge on any atom is -0.393 e. The van der Waals surface area contributed by atoms with E-state index in [9.17, 15) is 14.7 Å². The Morgan fingerprint density at radius 1 is 1.07 bits per heavy atom. The Morgan fingerprint density at radius 3 is 2.57 bits per heavy atom. The summed E-state index contributed by atoms with van der Waals surface area (Å²) < 4.78 is 2.33. The summed E-state index contributed by atoms with van der Waals surface area (Å²) >= 11 is 0. The largest absolute Gasteiger partial charge is 0.393 e. The summed E-state index contributed by atoms with van der Waals surface area (Å²) in [6, 6.07) is 8.17. The minimum atomic E-state index is -0.369. The number of benzene rings is 2. The molecule has 1 unspecified atom stereocenters. The third-order valence-corrected chi connectivity index (χ3v) is 6.29. The van der Waals surface area contributed by atoms with E-state index in [4.69, 9.17) is 0 Å². The van der Waals surface area contributed by atoms with Crippen LogP contribution in [0.4, 0.5) is 0 Å². The van der Waals surface area contributed by atoms with E-state index in [1.807, 2.05) is 12.1 Å². The molecule has 0 fully saturated rings. The molecule has 5 heteroatoms. The van der Waals surface area contributed by atoms with Crippen LogP contribution in [0.15, 0.2) is 24.3 Å². The Bertz CT molecular complexity index is 1140. The van der Waals surface area contributed by atoms with Crippen LogP contribution in [0.2, 0.25) is 0 Å². The van der Waals surface area contributed by atoms with Crippen LogP contribution in [0.25, 0.3) is 21.8 Å². The van der Waals surface area contributed by atoms with Crippen molar-refractivity contribution in [2.24, 2.45) is 0 Å². The van der Waals surface area contributed by atoms with Gasteiger partial charge in [-0.05, 0) is 49.3 Å². The number of fused-ring (bicyclic) bond motifs is 8. The predicted octanol–water partition coefficient (Wildman–Crippen LogP) is 3.72. The van der Waals surface area contributed by atoms with Gasteiger partial charge >= 0.3 is 0 Å². The first kappa shape index (κ1) is 17.4. The lowest BCUT2D eigenvalue weighted by Crippen LogP contribution is -2.20. The fourth-order valence-corrected chi connectivity index (χ4v) is 5.01. The highest BCUT2D eigenvalue weighted by Crippen LogP contribution is 2.42. The molecule has 1 aliphatic heterocycles. The molecular weight excluding hydrogens is 352 g/mol. The third-order valence-electron chi connectivity index (χ3n) is 6.29. The zero-order valence-electron chi connectivity index (χ0n) is 16.0. The summed E-state index contributed by atoms with van der Waals surface area (Å²) in [4.78, 5) is 25.5. The van der Waals surface area contributed by atoms with Gasteiger partial charge in [0.15, 0.2) is 0 Å². The Hall–Kier alpha value is -2.66. The zero-order chi connectivity index (χ0) is 19.4. The number of aliphatic hydroxyl groups excluding tert-OH is 1. The second-order valence-corrected chi connectivity index (χ2v) is 7.97. The van der Waals surface area contributed by atoms with E-state index in [1.54, 1.807) is 0 Å². The van der Waals surface area contributed by atoms with E-state index in [-0.39, 0.29) is 17.9 Å². The molecule has 5 rings (SSSR count). The average Bonchev–Trinajstić information content (AvgIpc) is 3.08. The number of nitrogens with zero attached hydrogens (tertiary/aromatic N) is 1. The molecule has 5 nitrogen and oxygen atoms in total. The van der Waals surface area contributed by atoms with Gasteiger partial charge in [0.25, 0.3) is 11.8 Å². The topological polar surface area (TPSA) is 71.3 Å². The fourth-order valence-electron chi connectivity index (χ4n) is 5.01. The first-order valence-electron chi connectivity index (χ1n) is 10.2. The molecule has 0 saturated heterocycles. The van der Waals surface area contributed by atoms with E-state index in [1.165, 1.54) is 0 Å². The van der Waals surface area contributed by atoms with Crippen LogP contribution in [0.3, 0.4) is 0 Å². The Morgan fingerprint density at radius 2 is 1.79 bits per heavy atom. The van der Waals surface area contributed by atoms with Crippen LogP contribution in [0, 0.1) is 0 Å². The van der Waals surface area contributed by atoms with Gasteiger partial charge in [-0.1, -0.05) is 31.5 Å². The predicted molar refractivity (Wildman–Crippen MR) is 109 cm³/mol. The SMILES string of the molecule is CCCCn1c2ccccc2c2c3c(c4c(c21)CCC(O)CC4)C(=O)NC3=O. The van der Waals surface area contributed by atoms with Gasteiger partial charge in [0.2, 0.25) is 0 Å². The number of imide groups is 1. The van der Waals surface area contributed by atoms with Crippen molar-refractivity contribution in [2.45, 2.75) is 58.1 Å². The van der Waals surface area contributed by atoms with Gasteiger partial charge in [-0.15, -0.1) is 0 Å². The highest BCUT2D eigenvalue weighted by molar-refractivity contribution is 6.31. The van der Waals surface area contributed by atoms with Gasteiger partial charge in [-0.25, -0.2) is 0 Å². The number of para-hydroxylation sites is 1. The summed E-state index contributed by atoms with van der Waals surface area (Å²) in [5.74, 6) is -0.587. The average molecular weight is 376 g/mol. The second kappa shape index (κ2) is 6.45. The van der Waals surface area contributed by atoms with Crippen LogP contribution in [0.5, 0.6) is 0 Å². The maximum Gasteiger partial charge on any atom is 0.259 e. The first-order valence-corrected chi connectivity index (χ1v) is 10.2. The quantitative estimate of drug-likeness (QED) is 0.541. The monoisotopic (exact) mass is 376 g/mol. The number of hydrogen-bond acceptors (Lipinski definition) is 3. The van der Waals surface area contributed by atoms with E-state index in [2.05, 4.69) is 28.9 Å². The molecule has 1 aliphatic carbocycles. The lowest BCUT2D eigenvalue weighted by Gasteiger charge is -2.15. The number of amides is 2. The molecule has 2 aromatic carbocycles. The van der Waals surface area contributed by atoms with Gasteiger partial charge in [0.1, 0.15) is 0 Å². The van der Waals surface area contributed by atoms with Crippen LogP contribution >= 0.6 is 0 Å². The summed E-state index contributed by atoms with van der Waals surface area (Å²) in [6.45, 7) is 3.05. The van der Waals surface area contributed by atoms with Gasteiger partial charge in [-0.2, -0.15) is 0 Å². The van der Waals surface area contributed by atoms with Crippen molar-refractivity contribution in [3.63, 3.8) is 0 Å². The van der Waals surface area contributed by atoms with Crippen molar-refractivity contribution >= 4 is 33.6 Å².